The normalized spacial score (nSPS) is 15.0. The Labute approximate surface area is 143 Å². The summed E-state index contributed by atoms with van der Waals surface area (Å²) in [6, 6.07) is 4.61. The van der Waals surface area contributed by atoms with Crippen molar-refractivity contribution in [3.63, 3.8) is 0 Å². The number of likely N-dealkylation sites (N-methyl/N-ethyl adjacent to an activating group) is 1. The van der Waals surface area contributed by atoms with E-state index in [2.05, 4.69) is 10.5 Å². The van der Waals surface area contributed by atoms with Crippen LogP contribution in [-0.2, 0) is 15.8 Å². The Bertz CT molecular complexity index is 686. The van der Waals surface area contributed by atoms with E-state index in [0.717, 1.165) is 12.1 Å². The fourth-order valence-electron chi connectivity index (χ4n) is 2.28. The van der Waals surface area contributed by atoms with E-state index >= 15 is 0 Å². The summed E-state index contributed by atoms with van der Waals surface area (Å²) < 4.78 is 38.9. The van der Waals surface area contributed by atoms with Gasteiger partial charge < -0.3 is 9.80 Å². The summed E-state index contributed by atoms with van der Waals surface area (Å²) in [7, 11) is 3.60. The van der Waals surface area contributed by atoms with Crippen LogP contribution in [0.2, 0.25) is 0 Å². The topological polar surface area (TPSA) is 65.0 Å². The number of carbonyl (C=O) groups is 2. The summed E-state index contributed by atoms with van der Waals surface area (Å²) >= 11 is 0. The van der Waals surface area contributed by atoms with Crippen molar-refractivity contribution in [1.82, 2.24) is 10.3 Å². The van der Waals surface area contributed by atoms with Crippen LogP contribution >= 0.6 is 0 Å². The molecular formula is C16H19F3N4O2. The van der Waals surface area contributed by atoms with Gasteiger partial charge in [0.25, 0.3) is 5.91 Å². The van der Waals surface area contributed by atoms with E-state index in [4.69, 9.17) is 0 Å². The molecule has 136 valence electrons. The second kappa shape index (κ2) is 7.64. The van der Waals surface area contributed by atoms with E-state index in [0.29, 0.717) is 6.54 Å². The number of benzene rings is 1. The van der Waals surface area contributed by atoms with Crippen molar-refractivity contribution >= 4 is 23.2 Å². The fraction of sp³-hybridized carbons (Fsp3) is 0.438. The van der Waals surface area contributed by atoms with Crippen molar-refractivity contribution in [3.05, 3.63) is 29.8 Å². The number of alkyl halides is 3. The first-order chi connectivity index (χ1) is 11.7. The van der Waals surface area contributed by atoms with Gasteiger partial charge in [0.2, 0.25) is 5.91 Å². The smallest absolute Gasteiger partial charge is 0.308 e. The molecule has 0 spiro atoms. The maximum absolute atomic E-state index is 13.0. The lowest BCUT2D eigenvalue weighted by molar-refractivity contribution is -0.137. The van der Waals surface area contributed by atoms with Gasteiger partial charge in [-0.05, 0) is 32.3 Å². The molecule has 2 rings (SSSR count). The number of anilines is 1. The first kappa shape index (κ1) is 18.9. The second-order valence-electron chi connectivity index (χ2n) is 5.90. The quantitative estimate of drug-likeness (QED) is 0.876. The Morgan fingerprint density at radius 3 is 2.52 bits per heavy atom. The molecule has 1 aliphatic heterocycles. The van der Waals surface area contributed by atoms with Gasteiger partial charge >= 0.3 is 6.18 Å². The predicted octanol–water partition coefficient (Wildman–Crippen LogP) is 1.87. The third-order valence-electron chi connectivity index (χ3n) is 3.65. The molecule has 1 aliphatic rings. The van der Waals surface area contributed by atoms with Gasteiger partial charge in [-0.25, -0.2) is 5.43 Å². The van der Waals surface area contributed by atoms with Crippen molar-refractivity contribution in [2.75, 3.05) is 32.1 Å². The number of rotatable bonds is 5. The maximum atomic E-state index is 13.0. The number of carbonyl (C=O) groups excluding carboxylic acids is 2. The Morgan fingerprint density at radius 2 is 1.96 bits per heavy atom. The summed E-state index contributed by atoms with van der Waals surface area (Å²) in [6.45, 7) is 0.654. The monoisotopic (exact) mass is 356 g/mol. The van der Waals surface area contributed by atoms with Crippen LogP contribution in [0, 0.1) is 0 Å². The van der Waals surface area contributed by atoms with Crippen LogP contribution in [0.4, 0.5) is 18.9 Å². The zero-order valence-electron chi connectivity index (χ0n) is 13.9. The molecule has 0 fully saturated rings. The highest BCUT2D eigenvalue weighted by Gasteiger charge is 2.32. The van der Waals surface area contributed by atoms with Crippen molar-refractivity contribution in [1.29, 1.82) is 0 Å². The summed E-state index contributed by atoms with van der Waals surface area (Å²) in [5.41, 5.74) is 1.66. The fourth-order valence-corrected chi connectivity index (χ4v) is 2.28. The van der Waals surface area contributed by atoms with Crippen LogP contribution in [0.3, 0.4) is 0 Å². The van der Waals surface area contributed by atoms with Gasteiger partial charge in [0.1, 0.15) is 5.71 Å². The van der Waals surface area contributed by atoms with Gasteiger partial charge in [-0.3, -0.25) is 9.59 Å². The van der Waals surface area contributed by atoms with Crippen LogP contribution in [0.1, 0.15) is 18.4 Å². The van der Waals surface area contributed by atoms with Gasteiger partial charge in [-0.15, -0.1) is 0 Å². The van der Waals surface area contributed by atoms with E-state index < -0.39 is 17.6 Å². The highest BCUT2D eigenvalue weighted by Crippen LogP contribution is 2.31. The van der Waals surface area contributed by atoms with E-state index in [1.54, 1.807) is 14.1 Å². The highest BCUT2D eigenvalue weighted by atomic mass is 19.4. The first-order valence-electron chi connectivity index (χ1n) is 7.67. The summed E-state index contributed by atoms with van der Waals surface area (Å²) in [4.78, 5) is 27.0. The molecule has 0 saturated carbocycles. The number of amides is 2. The van der Waals surface area contributed by atoms with Crippen molar-refractivity contribution in [3.8, 4) is 0 Å². The van der Waals surface area contributed by atoms with Crippen LogP contribution in [0.25, 0.3) is 0 Å². The Balaban J connectivity index is 2.32. The molecule has 0 saturated heterocycles. The van der Waals surface area contributed by atoms with Crippen molar-refractivity contribution in [2.24, 2.45) is 5.10 Å². The molecule has 1 aromatic rings. The van der Waals surface area contributed by atoms with Crippen LogP contribution in [-0.4, -0.2) is 49.6 Å². The Morgan fingerprint density at radius 1 is 1.24 bits per heavy atom. The highest BCUT2D eigenvalue weighted by molar-refractivity contribution is 6.44. The Kier molecular flexibility index (Phi) is 5.78. The molecule has 9 heteroatoms. The van der Waals surface area contributed by atoms with Crippen LogP contribution in [0.5, 0.6) is 0 Å². The van der Waals surface area contributed by atoms with E-state index in [9.17, 15) is 22.8 Å². The molecular weight excluding hydrogens is 337 g/mol. The second-order valence-corrected chi connectivity index (χ2v) is 5.90. The third-order valence-corrected chi connectivity index (χ3v) is 3.65. The zero-order valence-corrected chi connectivity index (χ0v) is 13.9. The molecule has 0 radical (unpaired) electrons. The molecule has 0 atom stereocenters. The summed E-state index contributed by atoms with van der Waals surface area (Å²) in [5, 5.41) is 3.75. The molecule has 25 heavy (non-hydrogen) atoms. The predicted molar refractivity (Wildman–Crippen MR) is 87.2 cm³/mol. The van der Waals surface area contributed by atoms with E-state index in [1.807, 2.05) is 4.90 Å². The van der Waals surface area contributed by atoms with E-state index in [-0.39, 0.29) is 36.7 Å². The lowest BCUT2D eigenvalue weighted by atomic mass is 10.1. The van der Waals surface area contributed by atoms with Crippen LogP contribution < -0.4 is 10.3 Å². The van der Waals surface area contributed by atoms with Gasteiger partial charge in [0.15, 0.2) is 0 Å². The lowest BCUT2D eigenvalue weighted by Gasteiger charge is -2.26. The minimum Gasteiger partial charge on any atom is -0.308 e. The molecule has 1 N–H and O–H groups in total. The van der Waals surface area contributed by atoms with Gasteiger partial charge in [0.05, 0.1) is 5.56 Å². The average Bonchev–Trinajstić information content (AvgIpc) is 2.55. The maximum Gasteiger partial charge on any atom is 0.416 e. The number of nitrogens with one attached hydrogen (secondary N) is 1. The van der Waals surface area contributed by atoms with Crippen molar-refractivity contribution < 1.29 is 22.8 Å². The number of halogens is 3. The Hall–Kier alpha value is -2.42. The van der Waals surface area contributed by atoms with Crippen LogP contribution in [0.15, 0.2) is 29.4 Å². The number of hydrazone groups is 1. The summed E-state index contributed by atoms with van der Waals surface area (Å²) in [6.07, 6.45) is -4.22. The largest absolute Gasteiger partial charge is 0.416 e. The van der Waals surface area contributed by atoms with Gasteiger partial charge in [-0.1, -0.05) is 6.07 Å². The third kappa shape index (κ3) is 5.02. The molecule has 1 aromatic carbocycles. The number of nitrogens with zero attached hydrogens (tertiary/aromatic N) is 3. The minimum atomic E-state index is -4.50. The molecule has 2 amide bonds. The summed E-state index contributed by atoms with van der Waals surface area (Å²) in [5.74, 6) is -0.809. The molecule has 0 aromatic heterocycles. The zero-order chi connectivity index (χ0) is 18.6. The number of hydrogen-bond acceptors (Lipinski definition) is 4. The molecule has 0 aliphatic carbocycles. The average molecular weight is 356 g/mol. The van der Waals surface area contributed by atoms with Gasteiger partial charge in [-0.2, -0.15) is 18.3 Å². The lowest BCUT2D eigenvalue weighted by Crippen LogP contribution is -2.43. The van der Waals surface area contributed by atoms with E-state index in [1.165, 1.54) is 17.0 Å². The number of hydrogen-bond donors (Lipinski definition) is 1. The molecule has 6 nitrogen and oxygen atoms in total. The molecule has 1 heterocycles. The minimum absolute atomic E-state index is 0.120. The molecule has 0 unspecified atom stereocenters. The first-order valence-corrected chi connectivity index (χ1v) is 7.67. The van der Waals surface area contributed by atoms with Crippen molar-refractivity contribution in [2.45, 2.75) is 19.0 Å². The standard InChI is InChI=1S/C16H19F3N4O2/c1-22(2)8-9-23(15(25)13-6-7-14(24)21-20-13)12-5-3-4-11(10-12)16(17,18)19/h3-5,10H,6-9H2,1-2H3,(H,21,24). The SMILES string of the molecule is CN(C)CCN(C(=O)C1=NNC(=O)CC1)c1cccc(C(F)(F)F)c1. The molecule has 0 bridgehead atoms. The van der Waals surface area contributed by atoms with Gasteiger partial charge in [0, 0.05) is 31.6 Å².